The van der Waals surface area contributed by atoms with Gasteiger partial charge in [-0.2, -0.15) is 0 Å². The molecular formula is C24H19N3O5. The minimum atomic E-state index is -0.530. The van der Waals surface area contributed by atoms with Crippen LogP contribution in [0.4, 0.5) is 17.1 Å². The maximum atomic E-state index is 13.2. The van der Waals surface area contributed by atoms with Gasteiger partial charge in [0.2, 0.25) is 11.8 Å². The number of nitro groups is 1. The third-order valence-corrected chi connectivity index (χ3v) is 7.37. The molecule has 32 heavy (non-hydrogen) atoms. The van der Waals surface area contributed by atoms with Crippen LogP contribution in [0.2, 0.25) is 0 Å². The monoisotopic (exact) mass is 429 g/mol. The van der Waals surface area contributed by atoms with E-state index >= 15 is 0 Å². The number of nitrogens with one attached hydrogen (secondary N) is 1. The summed E-state index contributed by atoms with van der Waals surface area (Å²) in [6.07, 6.45) is 5.39. The van der Waals surface area contributed by atoms with Crippen LogP contribution in [0.1, 0.15) is 16.8 Å². The zero-order chi connectivity index (χ0) is 22.1. The lowest BCUT2D eigenvalue weighted by atomic mass is 9.63. The second-order valence-electron chi connectivity index (χ2n) is 8.97. The number of rotatable bonds is 4. The molecule has 3 fully saturated rings. The first kappa shape index (κ1) is 18.9. The van der Waals surface area contributed by atoms with E-state index < -0.39 is 10.8 Å². The van der Waals surface area contributed by atoms with E-state index in [1.165, 1.54) is 23.1 Å². The Morgan fingerprint density at radius 3 is 2.19 bits per heavy atom. The molecule has 8 heteroatoms. The summed E-state index contributed by atoms with van der Waals surface area (Å²) in [7, 11) is 0. The van der Waals surface area contributed by atoms with Crippen LogP contribution in [0, 0.1) is 45.6 Å². The first-order chi connectivity index (χ1) is 15.4. The Morgan fingerprint density at radius 2 is 1.59 bits per heavy atom. The number of non-ortho nitro benzene ring substituents is 1. The summed E-state index contributed by atoms with van der Waals surface area (Å²) in [5.74, 6) is 0.166. The highest BCUT2D eigenvalue weighted by Gasteiger charge is 2.67. The van der Waals surface area contributed by atoms with Gasteiger partial charge in [-0.15, -0.1) is 0 Å². The van der Waals surface area contributed by atoms with E-state index in [1.807, 2.05) is 0 Å². The molecule has 0 unspecified atom stereocenters. The maximum Gasteiger partial charge on any atom is 0.271 e. The summed E-state index contributed by atoms with van der Waals surface area (Å²) >= 11 is 0. The summed E-state index contributed by atoms with van der Waals surface area (Å²) in [5.41, 5.74) is 0.977. The Labute approximate surface area is 183 Å². The van der Waals surface area contributed by atoms with E-state index in [0.29, 0.717) is 28.8 Å². The van der Waals surface area contributed by atoms with Crippen LogP contribution in [0.3, 0.4) is 0 Å². The number of nitro benzene ring substituents is 1. The van der Waals surface area contributed by atoms with Gasteiger partial charge in [0.05, 0.1) is 22.4 Å². The van der Waals surface area contributed by atoms with Crippen molar-refractivity contribution < 1.29 is 19.3 Å². The number of allylic oxidation sites excluding steroid dienone is 2. The van der Waals surface area contributed by atoms with Crippen molar-refractivity contribution >= 4 is 34.8 Å². The van der Waals surface area contributed by atoms with E-state index in [0.717, 1.165) is 6.42 Å². The molecule has 2 saturated carbocycles. The van der Waals surface area contributed by atoms with Crippen LogP contribution < -0.4 is 10.2 Å². The molecule has 1 aliphatic heterocycles. The molecule has 1 N–H and O–H groups in total. The zero-order valence-electron chi connectivity index (χ0n) is 16.9. The van der Waals surface area contributed by atoms with Gasteiger partial charge in [0.15, 0.2) is 0 Å². The molecule has 5 aliphatic rings. The Bertz CT molecular complexity index is 1180. The number of hydrogen-bond acceptors (Lipinski definition) is 5. The fourth-order valence-corrected chi connectivity index (χ4v) is 5.87. The summed E-state index contributed by atoms with van der Waals surface area (Å²) in [6.45, 7) is 0. The average Bonchev–Trinajstić information content (AvgIpc) is 3.57. The summed E-state index contributed by atoms with van der Waals surface area (Å²) in [4.78, 5) is 50.6. The van der Waals surface area contributed by atoms with Crippen molar-refractivity contribution in [1.82, 2.24) is 0 Å². The lowest BCUT2D eigenvalue weighted by molar-refractivity contribution is -0.384. The molecule has 7 rings (SSSR count). The highest BCUT2D eigenvalue weighted by molar-refractivity contribution is 6.22. The van der Waals surface area contributed by atoms with Gasteiger partial charge in [-0.05, 0) is 60.4 Å². The van der Waals surface area contributed by atoms with Gasteiger partial charge in [-0.25, -0.2) is 0 Å². The lowest BCUT2D eigenvalue weighted by Crippen LogP contribution is -2.40. The number of benzene rings is 2. The minimum Gasteiger partial charge on any atom is -0.322 e. The van der Waals surface area contributed by atoms with E-state index in [-0.39, 0.29) is 41.2 Å². The first-order valence-electron chi connectivity index (χ1n) is 10.7. The number of hydrogen-bond donors (Lipinski definition) is 1. The number of nitrogens with zero attached hydrogens (tertiary/aromatic N) is 2. The molecule has 2 aromatic rings. The summed E-state index contributed by atoms with van der Waals surface area (Å²) < 4.78 is 0. The Balaban J connectivity index is 1.21. The van der Waals surface area contributed by atoms with E-state index in [1.54, 1.807) is 30.3 Å². The number of anilines is 2. The standard InChI is InChI=1S/C24H19N3O5/c28-22(25-13-2-1-3-15(10-13)27(31)32)12-4-6-14(7-5-12)26-23(29)20-16-8-9-17(19-11-18(16)19)21(20)24(26)30/h1-10,16-21H,11H2,(H,25,28)/t16-,17-,18-,19+,20-,21+/m0/s1. The topological polar surface area (TPSA) is 110 Å². The third kappa shape index (κ3) is 2.65. The Morgan fingerprint density at radius 1 is 0.969 bits per heavy atom. The molecule has 2 bridgehead atoms. The highest BCUT2D eigenvalue weighted by Crippen LogP contribution is 2.65. The number of imide groups is 1. The van der Waals surface area contributed by atoms with Gasteiger partial charge in [-0.1, -0.05) is 18.2 Å². The predicted octanol–water partition coefficient (Wildman–Crippen LogP) is 3.40. The molecule has 0 aromatic heterocycles. The predicted molar refractivity (Wildman–Crippen MR) is 115 cm³/mol. The number of carbonyl (C=O) groups excluding carboxylic acids is 3. The first-order valence-corrected chi connectivity index (χ1v) is 10.7. The molecule has 0 radical (unpaired) electrons. The van der Waals surface area contributed by atoms with Gasteiger partial charge in [-0.3, -0.25) is 29.4 Å². The van der Waals surface area contributed by atoms with Gasteiger partial charge < -0.3 is 5.32 Å². The molecule has 160 valence electrons. The van der Waals surface area contributed by atoms with E-state index in [9.17, 15) is 24.5 Å². The van der Waals surface area contributed by atoms with Crippen molar-refractivity contribution in [1.29, 1.82) is 0 Å². The zero-order valence-corrected chi connectivity index (χ0v) is 16.9. The fourth-order valence-electron chi connectivity index (χ4n) is 5.87. The Kier molecular flexibility index (Phi) is 3.90. The summed E-state index contributed by atoms with van der Waals surface area (Å²) in [5, 5.41) is 13.5. The van der Waals surface area contributed by atoms with Crippen molar-refractivity contribution in [3.8, 4) is 0 Å². The minimum absolute atomic E-state index is 0.119. The maximum absolute atomic E-state index is 13.2. The largest absolute Gasteiger partial charge is 0.322 e. The van der Waals surface area contributed by atoms with Crippen LogP contribution in [0.15, 0.2) is 60.7 Å². The van der Waals surface area contributed by atoms with Crippen LogP contribution in [-0.2, 0) is 9.59 Å². The number of amides is 3. The molecule has 3 amide bonds. The van der Waals surface area contributed by atoms with Crippen molar-refractivity contribution in [3.05, 3.63) is 76.4 Å². The van der Waals surface area contributed by atoms with Crippen LogP contribution in [0.25, 0.3) is 0 Å². The molecule has 1 saturated heterocycles. The van der Waals surface area contributed by atoms with Crippen molar-refractivity contribution in [2.24, 2.45) is 35.5 Å². The fraction of sp³-hybridized carbons (Fsp3) is 0.292. The number of carbonyl (C=O) groups is 3. The third-order valence-electron chi connectivity index (χ3n) is 7.37. The molecule has 1 heterocycles. The van der Waals surface area contributed by atoms with Gasteiger partial charge in [0, 0.05) is 23.4 Å². The van der Waals surface area contributed by atoms with Crippen molar-refractivity contribution in [3.63, 3.8) is 0 Å². The molecule has 2 aromatic carbocycles. The van der Waals surface area contributed by atoms with Crippen molar-refractivity contribution in [2.75, 3.05) is 10.2 Å². The molecule has 6 atom stereocenters. The van der Waals surface area contributed by atoms with Crippen LogP contribution >= 0.6 is 0 Å². The van der Waals surface area contributed by atoms with Crippen LogP contribution in [-0.4, -0.2) is 22.6 Å². The van der Waals surface area contributed by atoms with E-state index in [4.69, 9.17) is 0 Å². The average molecular weight is 429 g/mol. The summed E-state index contributed by atoms with van der Waals surface area (Å²) in [6, 6.07) is 12.0. The van der Waals surface area contributed by atoms with Gasteiger partial charge in [0.25, 0.3) is 11.6 Å². The quantitative estimate of drug-likeness (QED) is 0.347. The smallest absolute Gasteiger partial charge is 0.271 e. The second-order valence-corrected chi connectivity index (χ2v) is 8.97. The van der Waals surface area contributed by atoms with E-state index in [2.05, 4.69) is 17.5 Å². The Hall–Kier alpha value is -3.81. The normalized spacial score (nSPS) is 31.3. The van der Waals surface area contributed by atoms with Crippen molar-refractivity contribution in [2.45, 2.75) is 6.42 Å². The van der Waals surface area contributed by atoms with Gasteiger partial charge >= 0.3 is 0 Å². The lowest BCUT2D eigenvalue weighted by Gasteiger charge is -2.37. The van der Waals surface area contributed by atoms with Crippen LogP contribution in [0.5, 0.6) is 0 Å². The van der Waals surface area contributed by atoms with Gasteiger partial charge in [0.1, 0.15) is 0 Å². The molecular weight excluding hydrogens is 410 g/mol. The SMILES string of the molecule is O=C(Nc1cccc([N+](=O)[O-])c1)c1ccc(N2C(=O)[C@@H]3[C@H]4C=C[C@@H]([C@@H]5C[C@H]45)[C@@H]3C2=O)cc1. The molecule has 4 aliphatic carbocycles. The highest BCUT2D eigenvalue weighted by atomic mass is 16.6. The second kappa shape index (κ2) is 6.59. The molecule has 8 nitrogen and oxygen atoms in total. The molecule has 0 spiro atoms.